The molecule has 0 atom stereocenters. The molecule has 4 nitrogen and oxygen atoms in total. The van der Waals surface area contributed by atoms with Crippen molar-refractivity contribution in [3.8, 4) is 11.6 Å². The molecule has 3 aromatic rings. The van der Waals surface area contributed by atoms with Gasteiger partial charge < -0.3 is 15.0 Å². The van der Waals surface area contributed by atoms with Crippen LogP contribution < -0.4 is 10.5 Å². The van der Waals surface area contributed by atoms with Gasteiger partial charge in [-0.1, -0.05) is 23.2 Å². The van der Waals surface area contributed by atoms with Gasteiger partial charge in [0.05, 0.1) is 33.9 Å². The standard InChI is InChI=1S/C14H11Cl2N3O/c1-20-13-3-2-12-11(18-13)4-5-19(12)14-9(15)6-8(17)7-10(14)16/h2-7H,17H2,1H3. The zero-order valence-corrected chi connectivity index (χ0v) is 12.1. The summed E-state index contributed by atoms with van der Waals surface area (Å²) in [6.45, 7) is 0. The number of hydrogen-bond acceptors (Lipinski definition) is 3. The second-order valence-corrected chi connectivity index (χ2v) is 5.09. The Morgan fingerprint density at radius 3 is 2.50 bits per heavy atom. The molecule has 6 heteroatoms. The maximum Gasteiger partial charge on any atom is 0.213 e. The quantitative estimate of drug-likeness (QED) is 0.730. The van der Waals surface area contributed by atoms with Gasteiger partial charge >= 0.3 is 0 Å². The molecular formula is C14H11Cl2N3O. The molecule has 0 fully saturated rings. The summed E-state index contributed by atoms with van der Waals surface area (Å²) in [7, 11) is 1.58. The third-order valence-corrected chi connectivity index (χ3v) is 3.58. The summed E-state index contributed by atoms with van der Waals surface area (Å²) in [5.74, 6) is 0.560. The van der Waals surface area contributed by atoms with Crippen LogP contribution in [0.4, 0.5) is 5.69 Å². The van der Waals surface area contributed by atoms with Crippen molar-refractivity contribution >= 4 is 39.9 Å². The van der Waals surface area contributed by atoms with Crippen LogP contribution in [-0.4, -0.2) is 16.7 Å². The van der Waals surface area contributed by atoms with Crippen molar-refractivity contribution in [2.24, 2.45) is 0 Å². The van der Waals surface area contributed by atoms with Crippen LogP contribution in [0.1, 0.15) is 0 Å². The number of pyridine rings is 1. The summed E-state index contributed by atoms with van der Waals surface area (Å²) >= 11 is 12.5. The number of hydrogen-bond donors (Lipinski definition) is 1. The molecule has 0 saturated carbocycles. The molecule has 0 radical (unpaired) electrons. The van der Waals surface area contributed by atoms with Crippen LogP contribution in [0.3, 0.4) is 0 Å². The van der Waals surface area contributed by atoms with E-state index in [9.17, 15) is 0 Å². The zero-order valence-electron chi connectivity index (χ0n) is 10.6. The molecule has 2 N–H and O–H groups in total. The lowest BCUT2D eigenvalue weighted by Gasteiger charge is -2.11. The Hall–Kier alpha value is -1.91. The number of nitrogen functional groups attached to an aromatic ring is 1. The van der Waals surface area contributed by atoms with Crippen LogP contribution in [0.2, 0.25) is 10.0 Å². The monoisotopic (exact) mass is 307 g/mol. The molecule has 0 aliphatic carbocycles. The first-order valence-corrected chi connectivity index (χ1v) is 6.62. The highest BCUT2D eigenvalue weighted by Gasteiger charge is 2.13. The van der Waals surface area contributed by atoms with E-state index in [2.05, 4.69) is 4.98 Å². The highest BCUT2D eigenvalue weighted by atomic mass is 35.5. The molecule has 0 bridgehead atoms. The van der Waals surface area contributed by atoms with Crippen molar-refractivity contribution < 1.29 is 4.74 Å². The topological polar surface area (TPSA) is 53.1 Å². The number of anilines is 1. The summed E-state index contributed by atoms with van der Waals surface area (Å²) < 4.78 is 6.99. The fraction of sp³-hybridized carbons (Fsp3) is 0.0714. The van der Waals surface area contributed by atoms with Crippen LogP contribution in [0, 0.1) is 0 Å². The predicted molar refractivity (Wildman–Crippen MR) is 82.1 cm³/mol. The van der Waals surface area contributed by atoms with Crippen molar-refractivity contribution in [2.45, 2.75) is 0 Å². The number of benzene rings is 1. The van der Waals surface area contributed by atoms with Crippen molar-refractivity contribution in [2.75, 3.05) is 12.8 Å². The second kappa shape index (κ2) is 4.89. The number of rotatable bonds is 2. The van der Waals surface area contributed by atoms with Crippen LogP contribution in [0.5, 0.6) is 5.88 Å². The van der Waals surface area contributed by atoms with E-state index in [0.29, 0.717) is 27.3 Å². The third kappa shape index (κ3) is 2.07. The molecule has 0 amide bonds. The molecule has 0 aliphatic rings. The number of aromatic nitrogens is 2. The average molecular weight is 308 g/mol. The first-order chi connectivity index (χ1) is 9.60. The van der Waals surface area contributed by atoms with Gasteiger partial charge in [0, 0.05) is 18.0 Å². The van der Waals surface area contributed by atoms with Gasteiger partial charge in [-0.2, -0.15) is 0 Å². The highest BCUT2D eigenvalue weighted by Crippen LogP contribution is 2.33. The summed E-state index contributed by atoms with van der Waals surface area (Å²) in [5.41, 5.74) is 8.63. The van der Waals surface area contributed by atoms with Gasteiger partial charge in [0.25, 0.3) is 0 Å². The van der Waals surface area contributed by atoms with E-state index in [1.807, 2.05) is 22.9 Å². The van der Waals surface area contributed by atoms with Crippen molar-refractivity contribution in [1.82, 2.24) is 9.55 Å². The van der Waals surface area contributed by atoms with E-state index < -0.39 is 0 Å². The van der Waals surface area contributed by atoms with Gasteiger partial charge in [-0.15, -0.1) is 0 Å². The van der Waals surface area contributed by atoms with Gasteiger partial charge in [0.1, 0.15) is 0 Å². The van der Waals surface area contributed by atoms with Gasteiger partial charge in [0.2, 0.25) is 5.88 Å². The molecule has 2 aromatic heterocycles. The van der Waals surface area contributed by atoms with Crippen LogP contribution in [0.15, 0.2) is 36.5 Å². The van der Waals surface area contributed by atoms with Crippen LogP contribution in [-0.2, 0) is 0 Å². The fourth-order valence-electron chi connectivity index (χ4n) is 2.12. The SMILES string of the molecule is COc1ccc2c(ccn2-c2c(Cl)cc(N)cc2Cl)n1. The lowest BCUT2D eigenvalue weighted by molar-refractivity contribution is 0.399. The molecule has 20 heavy (non-hydrogen) atoms. The lowest BCUT2D eigenvalue weighted by Crippen LogP contribution is -1.97. The van der Waals surface area contributed by atoms with Gasteiger partial charge in [-0.25, -0.2) is 4.98 Å². The van der Waals surface area contributed by atoms with Crippen molar-refractivity contribution in [3.63, 3.8) is 0 Å². The predicted octanol–water partition coefficient (Wildman–Crippen LogP) is 3.92. The molecule has 1 aromatic carbocycles. The number of halogens is 2. The third-order valence-electron chi connectivity index (χ3n) is 3.01. The summed E-state index contributed by atoms with van der Waals surface area (Å²) in [4.78, 5) is 4.36. The second-order valence-electron chi connectivity index (χ2n) is 4.28. The van der Waals surface area contributed by atoms with E-state index in [4.69, 9.17) is 33.7 Å². The number of ether oxygens (including phenoxy) is 1. The summed E-state index contributed by atoms with van der Waals surface area (Å²) in [5, 5.41) is 0.978. The minimum Gasteiger partial charge on any atom is -0.481 e. The minimum atomic E-state index is 0.489. The Morgan fingerprint density at radius 1 is 1.15 bits per heavy atom. The molecule has 0 unspecified atom stereocenters. The molecule has 0 spiro atoms. The number of nitrogens with zero attached hydrogens (tertiary/aromatic N) is 2. The maximum absolute atomic E-state index is 6.25. The highest BCUT2D eigenvalue weighted by molar-refractivity contribution is 6.38. The largest absolute Gasteiger partial charge is 0.481 e. The molecule has 0 saturated heterocycles. The maximum atomic E-state index is 6.25. The summed E-state index contributed by atoms with van der Waals surface area (Å²) in [6, 6.07) is 8.92. The van der Waals surface area contributed by atoms with E-state index >= 15 is 0 Å². The van der Waals surface area contributed by atoms with Gasteiger partial charge in [0.15, 0.2) is 0 Å². The Morgan fingerprint density at radius 2 is 1.85 bits per heavy atom. The van der Waals surface area contributed by atoms with Crippen LogP contribution >= 0.6 is 23.2 Å². The first kappa shape index (κ1) is 13.1. The van der Waals surface area contributed by atoms with E-state index in [1.165, 1.54) is 0 Å². The van der Waals surface area contributed by atoms with Gasteiger partial charge in [-0.3, -0.25) is 0 Å². The fourth-order valence-corrected chi connectivity index (χ4v) is 2.81. The number of fused-ring (bicyclic) bond motifs is 1. The Kier molecular flexibility index (Phi) is 3.20. The Labute approximate surface area is 125 Å². The van der Waals surface area contributed by atoms with Crippen molar-refractivity contribution in [3.05, 3.63) is 46.6 Å². The molecule has 3 rings (SSSR count). The lowest BCUT2D eigenvalue weighted by atomic mass is 10.2. The average Bonchev–Trinajstić information content (AvgIpc) is 2.80. The smallest absolute Gasteiger partial charge is 0.213 e. The zero-order chi connectivity index (χ0) is 14.3. The normalized spacial score (nSPS) is 10.9. The van der Waals surface area contributed by atoms with Crippen LogP contribution in [0.25, 0.3) is 16.7 Å². The molecule has 102 valence electrons. The summed E-state index contributed by atoms with van der Waals surface area (Å²) in [6.07, 6.45) is 1.86. The Bertz CT molecular complexity index is 775. The number of nitrogens with two attached hydrogens (primary N) is 1. The van der Waals surface area contributed by atoms with E-state index in [1.54, 1.807) is 25.3 Å². The van der Waals surface area contributed by atoms with E-state index in [0.717, 1.165) is 11.0 Å². The first-order valence-electron chi connectivity index (χ1n) is 5.87. The molecular weight excluding hydrogens is 297 g/mol. The van der Waals surface area contributed by atoms with Crippen molar-refractivity contribution in [1.29, 1.82) is 0 Å². The Balaban J connectivity index is 2.25. The van der Waals surface area contributed by atoms with Gasteiger partial charge in [-0.05, 0) is 24.3 Å². The molecule has 2 heterocycles. The minimum absolute atomic E-state index is 0.489. The van der Waals surface area contributed by atoms with E-state index in [-0.39, 0.29) is 0 Å². The molecule has 0 aliphatic heterocycles. The number of methoxy groups -OCH3 is 1.